The summed E-state index contributed by atoms with van der Waals surface area (Å²) in [6.45, 7) is 5.59. The molecule has 94 valence electrons. The summed E-state index contributed by atoms with van der Waals surface area (Å²) in [5.74, 6) is -2.91. The van der Waals surface area contributed by atoms with E-state index in [2.05, 4.69) is 4.74 Å². The quantitative estimate of drug-likeness (QED) is 0.603. The molecule has 4 nitrogen and oxygen atoms in total. The first-order valence-electron chi connectivity index (χ1n) is 5.51. The SMILES string of the molecule is COC(=O)C(=O)C(C#N)c1c(C)cc(C)cc1C. The molecular weight excluding hydrogens is 230 g/mol. The molecule has 0 aliphatic heterocycles. The molecule has 4 heteroatoms. The summed E-state index contributed by atoms with van der Waals surface area (Å²) in [5.41, 5.74) is 3.31. The van der Waals surface area contributed by atoms with E-state index in [4.69, 9.17) is 5.26 Å². The zero-order valence-electron chi connectivity index (χ0n) is 10.9. The molecule has 0 aromatic heterocycles. The lowest BCUT2D eigenvalue weighted by atomic mass is 9.87. The summed E-state index contributed by atoms with van der Waals surface area (Å²) in [4.78, 5) is 23.1. The van der Waals surface area contributed by atoms with Gasteiger partial charge in [-0.3, -0.25) is 4.79 Å². The molecule has 1 aromatic carbocycles. The highest BCUT2D eigenvalue weighted by Crippen LogP contribution is 2.26. The molecule has 0 amide bonds. The first kappa shape index (κ1) is 13.9. The summed E-state index contributed by atoms with van der Waals surface area (Å²) < 4.78 is 4.38. The number of carbonyl (C=O) groups is 2. The Morgan fingerprint density at radius 1 is 1.22 bits per heavy atom. The standard InChI is InChI=1S/C14H15NO3/c1-8-5-9(2)12(10(3)6-8)11(7-15)13(16)14(17)18-4/h5-6,11H,1-4H3. The summed E-state index contributed by atoms with van der Waals surface area (Å²) in [5, 5.41) is 9.13. The molecule has 0 bridgehead atoms. The Morgan fingerprint density at radius 2 is 1.72 bits per heavy atom. The number of carbonyl (C=O) groups excluding carboxylic acids is 2. The maximum absolute atomic E-state index is 11.8. The average Bonchev–Trinajstić information content (AvgIpc) is 2.31. The number of aryl methyl sites for hydroxylation is 3. The van der Waals surface area contributed by atoms with Crippen LogP contribution in [0.1, 0.15) is 28.2 Å². The van der Waals surface area contributed by atoms with Gasteiger partial charge in [-0.25, -0.2) is 4.79 Å². The number of methoxy groups -OCH3 is 1. The number of ether oxygens (including phenoxy) is 1. The van der Waals surface area contributed by atoms with E-state index in [9.17, 15) is 9.59 Å². The van der Waals surface area contributed by atoms with Gasteiger partial charge in [0.1, 0.15) is 5.92 Å². The van der Waals surface area contributed by atoms with Gasteiger partial charge >= 0.3 is 5.97 Å². The van der Waals surface area contributed by atoms with E-state index in [0.29, 0.717) is 5.56 Å². The first-order chi connectivity index (χ1) is 8.42. The zero-order valence-corrected chi connectivity index (χ0v) is 10.9. The number of benzene rings is 1. The molecule has 0 fully saturated rings. The summed E-state index contributed by atoms with van der Waals surface area (Å²) in [6, 6.07) is 5.66. The molecule has 18 heavy (non-hydrogen) atoms. The molecular formula is C14H15NO3. The normalized spacial score (nSPS) is 11.5. The average molecular weight is 245 g/mol. The van der Waals surface area contributed by atoms with Gasteiger partial charge in [-0.05, 0) is 37.5 Å². The van der Waals surface area contributed by atoms with Crippen LogP contribution in [0.25, 0.3) is 0 Å². The summed E-state index contributed by atoms with van der Waals surface area (Å²) in [7, 11) is 1.13. The maximum atomic E-state index is 11.8. The maximum Gasteiger partial charge on any atom is 0.376 e. The highest BCUT2D eigenvalue weighted by Gasteiger charge is 2.29. The van der Waals surface area contributed by atoms with Crippen LogP contribution >= 0.6 is 0 Å². The molecule has 1 unspecified atom stereocenters. The molecule has 0 saturated heterocycles. The Bertz CT molecular complexity index is 517. The van der Waals surface area contributed by atoms with Gasteiger partial charge in [-0.1, -0.05) is 17.7 Å². The van der Waals surface area contributed by atoms with Gasteiger partial charge in [-0.2, -0.15) is 5.26 Å². The van der Waals surface area contributed by atoms with Gasteiger partial charge < -0.3 is 4.74 Å². The number of hydrogen-bond donors (Lipinski definition) is 0. The van der Waals surface area contributed by atoms with E-state index in [1.54, 1.807) is 0 Å². The first-order valence-corrected chi connectivity index (χ1v) is 5.51. The second kappa shape index (κ2) is 5.46. The molecule has 0 radical (unpaired) electrons. The largest absolute Gasteiger partial charge is 0.463 e. The Morgan fingerprint density at radius 3 is 2.11 bits per heavy atom. The lowest BCUT2D eigenvalue weighted by molar-refractivity contribution is -0.151. The number of nitriles is 1. The Balaban J connectivity index is 3.31. The van der Waals surface area contributed by atoms with E-state index in [1.165, 1.54) is 0 Å². The van der Waals surface area contributed by atoms with Gasteiger partial charge in [-0.15, -0.1) is 0 Å². The van der Waals surface area contributed by atoms with Gasteiger partial charge in [0.05, 0.1) is 13.2 Å². The monoisotopic (exact) mass is 245 g/mol. The number of ketones is 1. The predicted octanol–water partition coefficient (Wildman–Crippen LogP) is 1.96. The molecule has 1 atom stereocenters. The van der Waals surface area contributed by atoms with E-state index in [1.807, 2.05) is 39.0 Å². The number of Topliss-reactive ketones (excluding diaryl/α,β-unsaturated/α-hetero) is 1. The van der Waals surface area contributed by atoms with Crippen LogP contribution in [-0.2, 0) is 14.3 Å². The lowest BCUT2D eigenvalue weighted by Crippen LogP contribution is -2.23. The number of rotatable bonds is 3. The van der Waals surface area contributed by atoms with Gasteiger partial charge in [0.2, 0.25) is 0 Å². The van der Waals surface area contributed by atoms with Crippen molar-refractivity contribution in [2.45, 2.75) is 26.7 Å². The Labute approximate surface area is 106 Å². The van der Waals surface area contributed by atoms with Crippen LogP contribution in [0.2, 0.25) is 0 Å². The molecule has 1 aromatic rings. The third kappa shape index (κ3) is 2.57. The van der Waals surface area contributed by atoms with Crippen molar-refractivity contribution in [2.75, 3.05) is 7.11 Å². The Hall–Kier alpha value is -2.15. The fourth-order valence-corrected chi connectivity index (χ4v) is 2.12. The van der Waals surface area contributed by atoms with Crippen LogP contribution in [0.3, 0.4) is 0 Å². The van der Waals surface area contributed by atoms with Crippen molar-refractivity contribution in [1.29, 1.82) is 5.26 Å². The van der Waals surface area contributed by atoms with E-state index in [-0.39, 0.29) is 0 Å². The van der Waals surface area contributed by atoms with Crippen LogP contribution in [0.15, 0.2) is 12.1 Å². The van der Waals surface area contributed by atoms with Crippen molar-refractivity contribution in [2.24, 2.45) is 0 Å². The van der Waals surface area contributed by atoms with Crippen molar-refractivity contribution in [3.8, 4) is 6.07 Å². The van der Waals surface area contributed by atoms with Crippen LogP contribution in [0, 0.1) is 32.1 Å². The van der Waals surface area contributed by atoms with E-state index in [0.717, 1.165) is 23.8 Å². The fraction of sp³-hybridized carbons (Fsp3) is 0.357. The number of nitrogens with zero attached hydrogens (tertiary/aromatic N) is 1. The van der Waals surface area contributed by atoms with Crippen molar-refractivity contribution in [1.82, 2.24) is 0 Å². The second-order valence-electron chi connectivity index (χ2n) is 4.23. The topological polar surface area (TPSA) is 67.2 Å². The molecule has 1 rings (SSSR count). The van der Waals surface area contributed by atoms with Crippen LogP contribution < -0.4 is 0 Å². The van der Waals surface area contributed by atoms with Crippen molar-refractivity contribution < 1.29 is 14.3 Å². The molecule has 0 spiro atoms. The second-order valence-corrected chi connectivity index (χ2v) is 4.23. The summed E-state index contributed by atoms with van der Waals surface area (Å²) >= 11 is 0. The molecule has 0 aliphatic rings. The zero-order chi connectivity index (χ0) is 13.9. The molecule has 0 N–H and O–H groups in total. The Kier molecular flexibility index (Phi) is 4.22. The van der Waals surface area contributed by atoms with Gasteiger partial charge in [0, 0.05) is 0 Å². The summed E-state index contributed by atoms with van der Waals surface area (Å²) in [6.07, 6.45) is 0. The van der Waals surface area contributed by atoms with Crippen molar-refractivity contribution in [3.63, 3.8) is 0 Å². The van der Waals surface area contributed by atoms with Crippen LogP contribution in [-0.4, -0.2) is 18.9 Å². The minimum absolute atomic E-state index is 0.596. The van der Waals surface area contributed by atoms with Gasteiger partial charge in [0.15, 0.2) is 0 Å². The predicted molar refractivity (Wildman–Crippen MR) is 66.0 cm³/mol. The number of esters is 1. The third-order valence-electron chi connectivity index (χ3n) is 2.80. The number of hydrogen-bond acceptors (Lipinski definition) is 4. The minimum atomic E-state index is -1.10. The fourth-order valence-electron chi connectivity index (χ4n) is 2.12. The lowest BCUT2D eigenvalue weighted by Gasteiger charge is -2.14. The van der Waals surface area contributed by atoms with E-state index >= 15 is 0 Å². The highest BCUT2D eigenvalue weighted by molar-refractivity contribution is 6.36. The molecule has 0 heterocycles. The van der Waals surface area contributed by atoms with E-state index < -0.39 is 17.7 Å². The molecule has 0 aliphatic carbocycles. The smallest absolute Gasteiger partial charge is 0.376 e. The minimum Gasteiger partial charge on any atom is -0.463 e. The molecule has 0 saturated carbocycles. The third-order valence-corrected chi connectivity index (χ3v) is 2.80. The van der Waals surface area contributed by atoms with Crippen molar-refractivity contribution in [3.05, 3.63) is 34.4 Å². The van der Waals surface area contributed by atoms with Crippen molar-refractivity contribution >= 4 is 11.8 Å². The highest BCUT2D eigenvalue weighted by atomic mass is 16.5. The van der Waals surface area contributed by atoms with Crippen LogP contribution in [0.5, 0.6) is 0 Å². The van der Waals surface area contributed by atoms with Crippen LogP contribution in [0.4, 0.5) is 0 Å². The van der Waals surface area contributed by atoms with Gasteiger partial charge in [0.25, 0.3) is 5.78 Å².